The van der Waals surface area contributed by atoms with Crippen LogP contribution in [0.25, 0.3) is 11.5 Å². The Hall–Kier alpha value is -2.34. The minimum atomic E-state index is -0.0266. The number of oxazole rings is 1. The number of carbonyl (C=O) groups is 1. The van der Waals surface area contributed by atoms with Crippen molar-refractivity contribution in [2.45, 2.75) is 38.8 Å². The molecule has 2 fully saturated rings. The lowest BCUT2D eigenvalue weighted by molar-refractivity contribution is 0.0861. The zero-order valence-corrected chi connectivity index (χ0v) is 14.7. The first-order valence-electron chi connectivity index (χ1n) is 8.94. The van der Waals surface area contributed by atoms with E-state index in [0.29, 0.717) is 11.9 Å². The third-order valence-corrected chi connectivity index (χ3v) is 5.35. The average molecular weight is 340 g/mol. The van der Waals surface area contributed by atoms with Crippen LogP contribution in [0.1, 0.15) is 25.3 Å². The number of anilines is 1. The number of piperazine rings is 1. The van der Waals surface area contributed by atoms with Crippen molar-refractivity contribution in [1.82, 2.24) is 14.8 Å². The Morgan fingerprint density at radius 2 is 2.24 bits per heavy atom. The fourth-order valence-corrected chi connectivity index (χ4v) is 3.95. The van der Waals surface area contributed by atoms with Gasteiger partial charge in [-0.25, -0.2) is 9.78 Å². The summed E-state index contributed by atoms with van der Waals surface area (Å²) in [6.45, 7) is 7.08. The van der Waals surface area contributed by atoms with Crippen molar-refractivity contribution in [1.29, 1.82) is 0 Å². The van der Waals surface area contributed by atoms with Crippen LogP contribution in [0.2, 0.25) is 0 Å². The maximum atomic E-state index is 12.8. The molecule has 2 aliphatic heterocycles. The van der Waals surface area contributed by atoms with Crippen molar-refractivity contribution >= 4 is 11.7 Å². The molecule has 3 heterocycles. The fraction of sp³-hybridized carbons (Fsp3) is 0.474. The van der Waals surface area contributed by atoms with Gasteiger partial charge in [0.25, 0.3) is 0 Å². The molecule has 0 bridgehead atoms. The number of carbonyl (C=O) groups excluding carboxylic acids is 1. The molecule has 6 nitrogen and oxygen atoms in total. The number of amides is 2. The maximum absolute atomic E-state index is 12.8. The molecule has 4 rings (SSSR count). The Bertz CT molecular complexity index is 759. The van der Waals surface area contributed by atoms with E-state index in [9.17, 15) is 4.79 Å². The SMILES string of the molecule is Cc1ccc(NC(=O)N2C[C@@H]3CCCN3C[C@H]2C)cc1-c1ncco1. The van der Waals surface area contributed by atoms with Gasteiger partial charge in [0.1, 0.15) is 6.26 Å². The van der Waals surface area contributed by atoms with Crippen molar-refractivity contribution in [2.75, 3.05) is 25.0 Å². The number of benzene rings is 1. The molecule has 2 aliphatic rings. The van der Waals surface area contributed by atoms with Crippen molar-refractivity contribution < 1.29 is 9.21 Å². The summed E-state index contributed by atoms with van der Waals surface area (Å²) in [7, 11) is 0. The van der Waals surface area contributed by atoms with Gasteiger partial charge in [-0.2, -0.15) is 0 Å². The van der Waals surface area contributed by atoms with Crippen LogP contribution >= 0.6 is 0 Å². The number of hydrogen-bond acceptors (Lipinski definition) is 4. The van der Waals surface area contributed by atoms with Crippen LogP contribution in [0.4, 0.5) is 10.5 Å². The summed E-state index contributed by atoms with van der Waals surface area (Å²) in [6.07, 6.45) is 5.62. The van der Waals surface area contributed by atoms with E-state index < -0.39 is 0 Å². The molecule has 2 amide bonds. The van der Waals surface area contributed by atoms with Gasteiger partial charge in [-0.05, 0) is 50.9 Å². The molecule has 0 saturated carbocycles. The van der Waals surface area contributed by atoms with E-state index in [1.54, 1.807) is 12.5 Å². The van der Waals surface area contributed by atoms with Crippen LogP contribution in [0.15, 0.2) is 35.1 Å². The molecule has 1 aromatic heterocycles. The Labute approximate surface area is 147 Å². The van der Waals surface area contributed by atoms with E-state index >= 15 is 0 Å². The number of aromatic nitrogens is 1. The molecule has 0 unspecified atom stereocenters. The Morgan fingerprint density at radius 1 is 1.36 bits per heavy atom. The number of fused-ring (bicyclic) bond motifs is 1. The average Bonchev–Trinajstić information content (AvgIpc) is 3.26. The van der Waals surface area contributed by atoms with Crippen molar-refractivity contribution in [3.63, 3.8) is 0 Å². The summed E-state index contributed by atoms with van der Waals surface area (Å²) in [6, 6.07) is 6.55. The Kier molecular flexibility index (Phi) is 4.21. The van der Waals surface area contributed by atoms with Gasteiger partial charge in [-0.1, -0.05) is 6.07 Å². The zero-order chi connectivity index (χ0) is 17.4. The molecular weight excluding hydrogens is 316 g/mol. The second-order valence-corrected chi connectivity index (χ2v) is 7.09. The first-order chi connectivity index (χ1) is 12.1. The number of rotatable bonds is 2. The van der Waals surface area contributed by atoms with Gasteiger partial charge in [0.15, 0.2) is 0 Å². The molecule has 2 aromatic rings. The lowest BCUT2D eigenvalue weighted by atomic mass is 10.1. The summed E-state index contributed by atoms with van der Waals surface area (Å²) >= 11 is 0. The quantitative estimate of drug-likeness (QED) is 0.911. The van der Waals surface area contributed by atoms with Gasteiger partial charge in [-0.3, -0.25) is 4.90 Å². The number of nitrogens with one attached hydrogen (secondary N) is 1. The molecule has 132 valence electrons. The molecular formula is C19H24N4O2. The molecule has 6 heteroatoms. The topological polar surface area (TPSA) is 61.6 Å². The third-order valence-electron chi connectivity index (χ3n) is 5.35. The van der Waals surface area contributed by atoms with Crippen LogP contribution < -0.4 is 5.32 Å². The zero-order valence-electron chi connectivity index (χ0n) is 14.7. The number of nitrogens with zero attached hydrogens (tertiary/aromatic N) is 3. The summed E-state index contributed by atoms with van der Waals surface area (Å²) < 4.78 is 5.40. The predicted octanol–water partition coefficient (Wildman–Crippen LogP) is 3.35. The molecule has 2 atom stereocenters. The maximum Gasteiger partial charge on any atom is 0.322 e. The molecule has 1 N–H and O–H groups in total. The van der Waals surface area contributed by atoms with E-state index in [-0.39, 0.29) is 12.1 Å². The van der Waals surface area contributed by atoms with Crippen LogP contribution in [0.3, 0.4) is 0 Å². The van der Waals surface area contributed by atoms with Crippen LogP contribution in [-0.4, -0.2) is 52.5 Å². The lowest BCUT2D eigenvalue weighted by Crippen LogP contribution is -2.57. The van der Waals surface area contributed by atoms with Crippen molar-refractivity contribution in [3.05, 3.63) is 36.2 Å². The second kappa shape index (κ2) is 6.52. The van der Waals surface area contributed by atoms with Gasteiger partial charge in [0.05, 0.1) is 6.20 Å². The monoisotopic (exact) mass is 340 g/mol. The smallest absolute Gasteiger partial charge is 0.322 e. The minimum Gasteiger partial charge on any atom is -0.445 e. The van der Waals surface area contributed by atoms with E-state index in [0.717, 1.165) is 29.9 Å². The normalized spacial score (nSPS) is 23.5. The van der Waals surface area contributed by atoms with Crippen molar-refractivity contribution in [3.8, 4) is 11.5 Å². The highest BCUT2D eigenvalue weighted by atomic mass is 16.3. The highest BCUT2D eigenvalue weighted by Gasteiger charge is 2.36. The van der Waals surface area contributed by atoms with Crippen LogP contribution in [-0.2, 0) is 0 Å². The van der Waals surface area contributed by atoms with Crippen LogP contribution in [0.5, 0.6) is 0 Å². The number of hydrogen-bond donors (Lipinski definition) is 1. The molecule has 0 spiro atoms. The summed E-state index contributed by atoms with van der Waals surface area (Å²) in [5.41, 5.74) is 2.73. The van der Waals surface area contributed by atoms with E-state index in [1.807, 2.05) is 30.0 Å². The first-order valence-corrected chi connectivity index (χ1v) is 8.94. The molecule has 0 aliphatic carbocycles. The second-order valence-electron chi connectivity index (χ2n) is 7.09. The lowest BCUT2D eigenvalue weighted by Gasteiger charge is -2.42. The van der Waals surface area contributed by atoms with Gasteiger partial charge >= 0.3 is 6.03 Å². The van der Waals surface area contributed by atoms with Gasteiger partial charge in [0, 0.05) is 36.4 Å². The summed E-state index contributed by atoms with van der Waals surface area (Å²) in [5, 5.41) is 3.05. The largest absolute Gasteiger partial charge is 0.445 e. The molecule has 2 saturated heterocycles. The fourth-order valence-electron chi connectivity index (χ4n) is 3.95. The first kappa shape index (κ1) is 16.1. The van der Waals surface area contributed by atoms with E-state index in [4.69, 9.17) is 4.42 Å². The summed E-state index contributed by atoms with van der Waals surface area (Å²) in [5.74, 6) is 0.571. The third kappa shape index (κ3) is 3.14. The minimum absolute atomic E-state index is 0.0266. The Morgan fingerprint density at radius 3 is 3.04 bits per heavy atom. The van der Waals surface area contributed by atoms with E-state index in [2.05, 4.69) is 22.1 Å². The van der Waals surface area contributed by atoms with Gasteiger partial charge in [0.2, 0.25) is 5.89 Å². The molecule has 25 heavy (non-hydrogen) atoms. The highest BCUT2D eigenvalue weighted by molar-refractivity contribution is 5.90. The Balaban J connectivity index is 1.50. The predicted molar refractivity (Wildman–Crippen MR) is 96.5 cm³/mol. The summed E-state index contributed by atoms with van der Waals surface area (Å²) in [4.78, 5) is 21.5. The van der Waals surface area contributed by atoms with Gasteiger partial charge < -0.3 is 14.6 Å². The molecule has 1 aromatic carbocycles. The van der Waals surface area contributed by atoms with Crippen LogP contribution in [0, 0.1) is 6.92 Å². The number of aryl methyl sites for hydroxylation is 1. The standard InChI is InChI=1S/C19H24N4O2/c1-13-5-6-15(10-17(13)18-20-7-9-25-18)21-19(24)23-12-16-4-3-8-22(16)11-14(23)2/h5-7,9-10,14,16H,3-4,8,11-12H2,1-2H3,(H,21,24)/t14-,16+/m1/s1. The van der Waals surface area contributed by atoms with E-state index in [1.165, 1.54) is 19.4 Å². The van der Waals surface area contributed by atoms with Crippen molar-refractivity contribution in [2.24, 2.45) is 0 Å². The van der Waals surface area contributed by atoms with Gasteiger partial charge in [-0.15, -0.1) is 0 Å². The highest BCUT2D eigenvalue weighted by Crippen LogP contribution is 2.27. The molecule has 0 radical (unpaired) electrons. The number of urea groups is 1.